The van der Waals surface area contributed by atoms with Gasteiger partial charge in [0.1, 0.15) is 0 Å². The fourth-order valence-electron chi connectivity index (χ4n) is 3.42. The summed E-state index contributed by atoms with van der Waals surface area (Å²) in [6.45, 7) is 1.93. The van der Waals surface area contributed by atoms with Crippen molar-refractivity contribution in [1.82, 2.24) is 4.90 Å². The number of benzene rings is 1. The number of hydrogen-bond acceptors (Lipinski definition) is 3. The van der Waals surface area contributed by atoms with Crippen LogP contribution in [0.1, 0.15) is 9.67 Å². The van der Waals surface area contributed by atoms with Crippen LogP contribution in [0, 0.1) is 11.8 Å². The van der Waals surface area contributed by atoms with Crippen molar-refractivity contribution in [3.8, 4) is 0 Å². The van der Waals surface area contributed by atoms with Crippen LogP contribution in [-0.4, -0.2) is 36.3 Å². The molecule has 0 aliphatic carbocycles. The second-order valence-corrected chi connectivity index (χ2v) is 6.79. The van der Waals surface area contributed by atoms with E-state index in [0.29, 0.717) is 19.6 Å². The van der Waals surface area contributed by atoms with Crippen molar-refractivity contribution in [2.24, 2.45) is 11.8 Å². The monoisotopic (exact) mass is 312 g/mol. The fourth-order valence-corrected chi connectivity index (χ4v) is 4.11. The van der Waals surface area contributed by atoms with Crippen LogP contribution < -0.4 is 4.90 Å². The number of likely N-dealkylation sites (tertiary alicyclic amines) is 1. The highest BCUT2D eigenvalue weighted by molar-refractivity contribution is 7.12. The summed E-state index contributed by atoms with van der Waals surface area (Å²) in [4.78, 5) is 29.5. The molecular formula is C17H16N2O2S. The molecule has 0 N–H and O–H groups in total. The van der Waals surface area contributed by atoms with E-state index in [1.54, 1.807) is 0 Å². The standard InChI is InChI=1S/C17H16N2O2S/c20-16-14-11-18(17(21)15-7-4-8-22-15)9-12(14)10-19(16)13-5-2-1-3-6-13/h1-8,12,14H,9-11H2/t12-,14-/m1/s1. The van der Waals surface area contributed by atoms with Gasteiger partial charge in [-0.05, 0) is 23.6 Å². The Morgan fingerprint density at radius 3 is 2.55 bits per heavy atom. The molecule has 112 valence electrons. The summed E-state index contributed by atoms with van der Waals surface area (Å²) in [5.41, 5.74) is 0.957. The van der Waals surface area contributed by atoms with E-state index in [2.05, 4.69) is 0 Å². The Hall–Kier alpha value is -2.14. The number of carbonyl (C=O) groups excluding carboxylic acids is 2. The average molecular weight is 312 g/mol. The molecule has 2 aliphatic rings. The minimum Gasteiger partial charge on any atom is -0.337 e. The topological polar surface area (TPSA) is 40.6 Å². The number of rotatable bonds is 2. The SMILES string of the molecule is O=C(c1cccs1)N1C[C@@H]2CN(c3ccccc3)C(=O)[C@@H]2C1. The zero-order chi connectivity index (χ0) is 15.1. The van der Waals surface area contributed by atoms with Gasteiger partial charge in [0.2, 0.25) is 5.91 Å². The van der Waals surface area contributed by atoms with Gasteiger partial charge in [-0.15, -0.1) is 11.3 Å². The Labute approximate surface area is 133 Å². The van der Waals surface area contributed by atoms with Gasteiger partial charge in [-0.2, -0.15) is 0 Å². The molecule has 1 aromatic heterocycles. The quantitative estimate of drug-likeness (QED) is 0.855. The number of amides is 2. The van der Waals surface area contributed by atoms with Crippen molar-refractivity contribution < 1.29 is 9.59 Å². The lowest BCUT2D eigenvalue weighted by atomic mass is 10.0. The second kappa shape index (κ2) is 5.25. The maximum Gasteiger partial charge on any atom is 0.263 e. The molecule has 0 saturated carbocycles. The van der Waals surface area contributed by atoms with Crippen LogP contribution in [-0.2, 0) is 4.79 Å². The van der Waals surface area contributed by atoms with Crippen molar-refractivity contribution in [1.29, 1.82) is 0 Å². The van der Waals surface area contributed by atoms with E-state index in [1.165, 1.54) is 11.3 Å². The first-order chi connectivity index (χ1) is 10.7. The average Bonchev–Trinajstić information content (AvgIpc) is 3.25. The van der Waals surface area contributed by atoms with Crippen molar-refractivity contribution >= 4 is 28.8 Å². The zero-order valence-electron chi connectivity index (χ0n) is 12.0. The van der Waals surface area contributed by atoms with Gasteiger partial charge in [-0.3, -0.25) is 9.59 Å². The molecule has 1 aromatic carbocycles. The molecule has 2 atom stereocenters. The zero-order valence-corrected chi connectivity index (χ0v) is 12.8. The molecule has 2 fully saturated rings. The lowest BCUT2D eigenvalue weighted by molar-refractivity contribution is -0.120. The van der Waals surface area contributed by atoms with E-state index in [0.717, 1.165) is 10.6 Å². The second-order valence-electron chi connectivity index (χ2n) is 5.84. The molecule has 2 aliphatic heterocycles. The van der Waals surface area contributed by atoms with E-state index in [4.69, 9.17) is 0 Å². The van der Waals surface area contributed by atoms with Crippen molar-refractivity contribution in [2.75, 3.05) is 24.5 Å². The highest BCUT2D eigenvalue weighted by Crippen LogP contribution is 2.35. The van der Waals surface area contributed by atoms with Crippen LogP contribution >= 0.6 is 11.3 Å². The van der Waals surface area contributed by atoms with Crippen LogP contribution in [0.25, 0.3) is 0 Å². The summed E-state index contributed by atoms with van der Waals surface area (Å²) in [6.07, 6.45) is 0. The summed E-state index contributed by atoms with van der Waals surface area (Å²) in [5, 5.41) is 1.91. The molecule has 2 aromatic rings. The van der Waals surface area contributed by atoms with Crippen LogP contribution in [0.4, 0.5) is 5.69 Å². The number of fused-ring (bicyclic) bond motifs is 1. The van der Waals surface area contributed by atoms with Gasteiger partial charge >= 0.3 is 0 Å². The third-order valence-corrected chi connectivity index (χ3v) is 5.39. The number of anilines is 1. The predicted octanol–water partition coefficient (Wildman–Crippen LogP) is 2.48. The maximum atomic E-state index is 12.6. The first kappa shape index (κ1) is 13.5. The molecule has 4 rings (SSSR count). The largest absolute Gasteiger partial charge is 0.337 e. The van der Waals surface area contributed by atoms with Crippen molar-refractivity contribution in [2.45, 2.75) is 0 Å². The smallest absolute Gasteiger partial charge is 0.263 e. The summed E-state index contributed by atoms with van der Waals surface area (Å²) in [7, 11) is 0. The molecule has 0 radical (unpaired) electrons. The van der Waals surface area contributed by atoms with Crippen LogP contribution in [0.3, 0.4) is 0 Å². The number of carbonyl (C=O) groups is 2. The minimum absolute atomic E-state index is 0.0517. The van der Waals surface area contributed by atoms with Crippen LogP contribution in [0.15, 0.2) is 47.8 Å². The van der Waals surface area contributed by atoms with Gasteiger partial charge in [-0.25, -0.2) is 0 Å². The molecule has 2 saturated heterocycles. The van der Waals surface area contributed by atoms with E-state index in [-0.39, 0.29) is 23.7 Å². The van der Waals surface area contributed by atoms with E-state index < -0.39 is 0 Å². The van der Waals surface area contributed by atoms with Gasteiger partial charge in [-0.1, -0.05) is 24.3 Å². The summed E-state index contributed by atoms with van der Waals surface area (Å²) >= 11 is 1.46. The summed E-state index contributed by atoms with van der Waals surface area (Å²) in [5.74, 6) is 0.405. The minimum atomic E-state index is -0.0517. The molecule has 5 heteroatoms. The van der Waals surface area contributed by atoms with Gasteiger partial charge in [0.25, 0.3) is 5.91 Å². The molecule has 2 amide bonds. The van der Waals surface area contributed by atoms with Gasteiger partial charge in [0.15, 0.2) is 0 Å². The molecule has 3 heterocycles. The number of para-hydroxylation sites is 1. The van der Waals surface area contributed by atoms with Gasteiger partial charge in [0, 0.05) is 31.2 Å². The molecule has 0 bridgehead atoms. The predicted molar refractivity (Wildman–Crippen MR) is 86.0 cm³/mol. The lowest BCUT2D eigenvalue weighted by Crippen LogP contribution is -2.35. The van der Waals surface area contributed by atoms with Gasteiger partial charge < -0.3 is 9.80 Å². The van der Waals surface area contributed by atoms with Gasteiger partial charge in [0.05, 0.1) is 10.8 Å². The summed E-state index contributed by atoms with van der Waals surface area (Å²) < 4.78 is 0. The number of hydrogen-bond donors (Lipinski definition) is 0. The molecule has 0 unspecified atom stereocenters. The third kappa shape index (κ3) is 2.13. The number of thiophene rings is 1. The van der Waals surface area contributed by atoms with Crippen LogP contribution in [0.5, 0.6) is 0 Å². The normalized spacial score (nSPS) is 23.9. The van der Waals surface area contributed by atoms with Crippen molar-refractivity contribution in [3.05, 3.63) is 52.7 Å². The Bertz CT molecular complexity index is 699. The Balaban J connectivity index is 1.50. The molecular weight excluding hydrogens is 296 g/mol. The fraction of sp³-hybridized carbons (Fsp3) is 0.294. The summed E-state index contributed by atoms with van der Waals surface area (Å²) in [6, 6.07) is 13.5. The van der Waals surface area contributed by atoms with Crippen molar-refractivity contribution in [3.63, 3.8) is 0 Å². The highest BCUT2D eigenvalue weighted by atomic mass is 32.1. The van der Waals surface area contributed by atoms with E-state index in [1.807, 2.05) is 57.6 Å². The Morgan fingerprint density at radius 2 is 1.86 bits per heavy atom. The third-order valence-electron chi connectivity index (χ3n) is 4.53. The highest BCUT2D eigenvalue weighted by Gasteiger charge is 2.47. The van der Waals surface area contributed by atoms with E-state index in [9.17, 15) is 9.59 Å². The number of nitrogens with zero attached hydrogens (tertiary/aromatic N) is 2. The Kier molecular flexibility index (Phi) is 3.22. The van der Waals surface area contributed by atoms with E-state index >= 15 is 0 Å². The molecule has 4 nitrogen and oxygen atoms in total. The lowest BCUT2D eigenvalue weighted by Gasteiger charge is -2.21. The Morgan fingerprint density at radius 1 is 1.05 bits per heavy atom. The maximum absolute atomic E-state index is 12.6. The van der Waals surface area contributed by atoms with Crippen LogP contribution in [0.2, 0.25) is 0 Å². The molecule has 22 heavy (non-hydrogen) atoms. The first-order valence-corrected chi connectivity index (χ1v) is 8.31. The molecule has 0 spiro atoms. The first-order valence-electron chi connectivity index (χ1n) is 7.43.